The predicted molar refractivity (Wildman–Crippen MR) is 45.4 cm³/mol. The molecule has 1 heterocycles. The van der Waals surface area contributed by atoms with E-state index in [0.717, 1.165) is 12.8 Å². The average molecular weight is 201 g/mol. The van der Waals surface area contributed by atoms with Crippen LogP contribution in [0, 0.1) is 0 Å². The minimum absolute atomic E-state index is 0.314. The second-order valence-corrected chi connectivity index (χ2v) is 4.38. The average Bonchev–Trinajstić information content (AvgIpc) is 2.78. The zero-order valence-electron chi connectivity index (χ0n) is 6.64. The van der Waals surface area contributed by atoms with E-state index >= 15 is 0 Å². The molecule has 13 heavy (non-hydrogen) atoms. The van der Waals surface area contributed by atoms with Crippen LogP contribution in [0.4, 0.5) is 0 Å². The van der Waals surface area contributed by atoms with Gasteiger partial charge in [0.1, 0.15) is 0 Å². The molecule has 7 heteroatoms. The van der Waals surface area contributed by atoms with Gasteiger partial charge in [-0.15, -0.1) is 5.10 Å². The van der Waals surface area contributed by atoms with E-state index < -0.39 is 5.97 Å². The number of carboxylic acids is 1. The van der Waals surface area contributed by atoms with Crippen molar-refractivity contribution in [3.63, 3.8) is 0 Å². The molecule has 0 bridgehead atoms. The summed E-state index contributed by atoms with van der Waals surface area (Å²) < 4.78 is 1.26. The fraction of sp³-hybridized carbons (Fsp3) is 0.500. The summed E-state index contributed by atoms with van der Waals surface area (Å²) in [5, 5.41) is 24.8. The normalized spacial score (nSPS) is 16.9. The third-order valence-electron chi connectivity index (χ3n) is 1.73. The molecule has 1 fully saturated rings. The fourth-order valence-electron chi connectivity index (χ4n) is 0.888. The van der Waals surface area contributed by atoms with Gasteiger partial charge in [0.05, 0.1) is 0 Å². The molecule has 0 aliphatic heterocycles. The Balaban J connectivity index is 2.21. The van der Waals surface area contributed by atoms with Crippen molar-refractivity contribution in [3.05, 3.63) is 5.69 Å². The molecule has 0 aromatic carbocycles. The number of nitrogens with zero attached hydrogens (tertiary/aromatic N) is 3. The molecule has 2 N–H and O–H groups in total. The van der Waals surface area contributed by atoms with Crippen molar-refractivity contribution in [2.24, 2.45) is 0 Å². The molecule has 1 aliphatic rings. The number of aromatic carboxylic acids is 1. The number of hydrogen-bond donors (Lipinski definition) is 2. The van der Waals surface area contributed by atoms with Gasteiger partial charge < -0.3 is 10.2 Å². The van der Waals surface area contributed by atoms with Crippen molar-refractivity contribution in [2.45, 2.75) is 18.5 Å². The molecule has 1 saturated carbocycles. The van der Waals surface area contributed by atoms with Gasteiger partial charge in [0.25, 0.3) is 0 Å². The standard InChI is InChI=1S/C6H8N3O3P/c10-5-4(6(11)12)7-8-9(5)13-3-1-2-3/h3,10,13H,1-2H2,(H,11,12). The van der Waals surface area contributed by atoms with Crippen LogP contribution < -0.4 is 0 Å². The van der Waals surface area contributed by atoms with Crippen LogP contribution in [0.15, 0.2) is 0 Å². The molecular formula is C6H8N3O3P. The lowest BCUT2D eigenvalue weighted by Gasteiger charge is -1.97. The Labute approximate surface area is 75.4 Å². The third kappa shape index (κ3) is 1.62. The summed E-state index contributed by atoms with van der Waals surface area (Å²) in [5.74, 6) is -1.58. The van der Waals surface area contributed by atoms with E-state index in [1.807, 2.05) is 0 Å². The molecule has 6 nitrogen and oxygen atoms in total. The molecule has 0 spiro atoms. The summed E-state index contributed by atoms with van der Waals surface area (Å²) in [6, 6.07) is 0. The Bertz CT molecular complexity index is 347. The van der Waals surface area contributed by atoms with Crippen molar-refractivity contribution in [3.8, 4) is 5.88 Å². The van der Waals surface area contributed by atoms with Gasteiger partial charge in [0.15, 0.2) is 0 Å². The SMILES string of the molecule is O=C(O)c1nnn(PC2CC2)c1O. The molecule has 70 valence electrons. The van der Waals surface area contributed by atoms with Gasteiger partial charge in [0.2, 0.25) is 11.6 Å². The van der Waals surface area contributed by atoms with E-state index in [1.165, 1.54) is 4.45 Å². The zero-order chi connectivity index (χ0) is 9.42. The number of hydrogen-bond acceptors (Lipinski definition) is 4. The molecule has 1 aromatic rings. The Kier molecular flexibility index (Phi) is 1.92. The highest BCUT2D eigenvalue weighted by Gasteiger charge is 2.26. The molecule has 1 unspecified atom stereocenters. The molecule has 1 aromatic heterocycles. The highest BCUT2D eigenvalue weighted by molar-refractivity contribution is 7.37. The number of rotatable bonds is 3. The molecule has 2 rings (SSSR count). The highest BCUT2D eigenvalue weighted by Crippen LogP contribution is 2.41. The van der Waals surface area contributed by atoms with Crippen LogP contribution in [0.1, 0.15) is 23.3 Å². The maximum atomic E-state index is 10.5. The number of aromatic nitrogens is 3. The number of carboxylic acid groups (broad SMARTS) is 1. The van der Waals surface area contributed by atoms with Gasteiger partial charge in [-0.1, -0.05) is 5.21 Å². The van der Waals surface area contributed by atoms with Crippen LogP contribution in [-0.4, -0.2) is 36.6 Å². The largest absolute Gasteiger partial charge is 0.491 e. The van der Waals surface area contributed by atoms with Crippen molar-refractivity contribution < 1.29 is 15.0 Å². The molecule has 0 amide bonds. The first-order valence-electron chi connectivity index (χ1n) is 3.83. The molecule has 0 radical (unpaired) electrons. The fourth-order valence-corrected chi connectivity index (χ4v) is 1.98. The van der Waals surface area contributed by atoms with Gasteiger partial charge in [-0.3, -0.25) is 0 Å². The summed E-state index contributed by atoms with van der Waals surface area (Å²) in [6.07, 6.45) is 2.25. The Morgan fingerprint density at radius 3 is 2.77 bits per heavy atom. The van der Waals surface area contributed by atoms with E-state index in [2.05, 4.69) is 10.3 Å². The Morgan fingerprint density at radius 1 is 1.62 bits per heavy atom. The molecular weight excluding hydrogens is 193 g/mol. The Hall–Kier alpha value is -1.16. The van der Waals surface area contributed by atoms with Crippen molar-refractivity contribution >= 4 is 14.7 Å². The quantitative estimate of drug-likeness (QED) is 0.686. The Morgan fingerprint density at radius 2 is 2.31 bits per heavy atom. The van der Waals surface area contributed by atoms with Gasteiger partial charge in [-0.2, -0.15) is 4.45 Å². The van der Waals surface area contributed by atoms with Crippen molar-refractivity contribution in [1.29, 1.82) is 0 Å². The van der Waals surface area contributed by atoms with E-state index in [4.69, 9.17) is 5.11 Å². The smallest absolute Gasteiger partial charge is 0.362 e. The van der Waals surface area contributed by atoms with Crippen LogP contribution in [0.2, 0.25) is 0 Å². The first kappa shape index (κ1) is 8.44. The molecule has 1 aliphatic carbocycles. The summed E-state index contributed by atoms with van der Waals surface area (Å²) >= 11 is 0. The van der Waals surface area contributed by atoms with Crippen LogP contribution in [0.5, 0.6) is 5.88 Å². The third-order valence-corrected chi connectivity index (χ3v) is 3.22. The van der Waals surface area contributed by atoms with Crippen LogP contribution in [-0.2, 0) is 0 Å². The summed E-state index contributed by atoms with van der Waals surface area (Å²) in [5.41, 5.74) is 0.183. The van der Waals surface area contributed by atoms with Gasteiger partial charge in [0, 0.05) is 8.73 Å². The maximum absolute atomic E-state index is 10.5. The van der Waals surface area contributed by atoms with E-state index in [9.17, 15) is 9.90 Å². The topological polar surface area (TPSA) is 88.2 Å². The van der Waals surface area contributed by atoms with Gasteiger partial charge in [-0.25, -0.2) is 4.79 Å². The van der Waals surface area contributed by atoms with E-state index in [0.29, 0.717) is 14.4 Å². The predicted octanol–water partition coefficient (Wildman–Crippen LogP) is 0.286. The first-order valence-corrected chi connectivity index (χ1v) is 4.85. The molecule has 1 atom stereocenters. The molecule has 0 saturated heterocycles. The minimum atomic E-state index is -1.25. The highest BCUT2D eigenvalue weighted by atomic mass is 31.1. The summed E-state index contributed by atoms with van der Waals surface area (Å²) in [7, 11) is 0.314. The number of aromatic hydroxyl groups is 1. The van der Waals surface area contributed by atoms with E-state index in [-0.39, 0.29) is 11.6 Å². The minimum Gasteiger partial charge on any atom is -0.491 e. The summed E-state index contributed by atoms with van der Waals surface area (Å²) in [6.45, 7) is 0. The monoisotopic (exact) mass is 201 g/mol. The van der Waals surface area contributed by atoms with Gasteiger partial charge >= 0.3 is 5.97 Å². The van der Waals surface area contributed by atoms with Crippen LogP contribution in [0.3, 0.4) is 0 Å². The van der Waals surface area contributed by atoms with E-state index in [1.54, 1.807) is 0 Å². The lowest BCUT2D eigenvalue weighted by molar-refractivity contribution is 0.0687. The first-order chi connectivity index (χ1) is 6.18. The zero-order valence-corrected chi connectivity index (χ0v) is 7.64. The summed E-state index contributed by atoms with van der Waals surface area (Å²) in [4.78, 5) is 10.5. The lowest BCUT2D eigenvalue weighted by Crippen LogP contribution is -1.96. The van der Waals surface area contributed by atoms with Crippen LogP contribution >= 0.6 is 8.73 Å². The van der Waals surface area contributed by atoms with Crippen LogP contribution in [0.25, 0.3) is 0 Å². The van der Waals surface area contributed by atoms with Gasteiger partial charge in [-0.05, 0) is 18.5 Å². The lowest BCUT2D eigenvalue weighted by atomic mass is 10.5. The maximum Gasteiger partial charge on any atom is 0.362 e. The van der Waals surface area contributed by atoms with Crippen molar-refractivity contribution in [2.75, 3.05) is 0 Å². The second-order valence-electron chi connectivity index (χ2n) is 2.88. The van der Waals surface area contributed by atoms with Crippen molar-refractivity contribution in [1.82, 2.24) is 14.8 Å². The second kappa shape index (κ2) is 2.96. The number of carbonyl (C=O) groups is 1.